The van der Waals surface area contributed by atoms with E-state index >= 15 is 0 Å². The zero-order valence-electron chi connectivity index (χ0n) is 19.6. The third-order valence-corrected chi connectivity index (χ3v) is 6.10. The van der Waals surface area contributed by atoms with Crippen LogP contribution in [0.4, 0.5) is 11.4 Å². The van der Waals surface area contributed by atoms with Crippen molar-refractivity contribution < 1.29 is 24.3 Å². The molecule has 0 saturated heterocycles. The summed E-state index contributed by atoms with van der Waals surface area (Å²) in [5, 5.41) is 15.4. The van der Waals surface area contributed by atoms with E-state index < -0.39 is 18.1 Å². The third-order valence-electron chi connectivity index (χ3n) is 6.10. The van der Waals surface area contributed by atoms with E-state index in [1.165, 1.54) is 0 Å². The molecule has 0 amide bonds. The summed E-state index contributed by atoms with van der Waals surface area (Å²) in [5.74, 6) is -1.45. The number of aliphatic carboxylic acids is 1. The highest BCUT2D eigenvalue weighted by atomic mass is 16.4. The molecule has 2 aromatic carbocycles. The van der Waals surface area contributed by atoms with E-state index in [9.17, 15) is 19.2 Å². The van der Waals surface area contributed by atoms with Gasteiger partial charge < -0.3 is 32.0 Å². The maximum Gasteiger partial charge on any atom is 0.320 e. The van der Waals surface area contributed by atoms with E-state index in [4.69, 9.17) is 16.6 Å². The van der Waals surface area contributed by atoms with Crippen LogP contribution >= 0.6 is 0 Å². The van der Waals surface area contributed by atoms with Gasteiger partial charge in [-0.3, -0.25) is 14.4 Å². The Kier molecular flexibility index (Phi) is 9.11. The molecule has 35 heavy (non-hydrogen) atoms. The zero-order chi connectivity index (χ0) is 25.4. The Bertz CT molecular complexity index is 1100. The Hall–Kier alpha value is -3.56. The molecule has 3 rings (SSSR count). The van der Waals surface area contributed by atoms with Crippen molar-refractivity contribution in [1.29, 1.82) is 0 Å². The van der Waals surface area contributed by atoms with Crippen molar-refractivity contribution in [2.75, 3.05) is 23.7 Å². The van der Waals surface area contributed by atoms with Crippen molar-refractivity contribution in [2.45, 2.75) is 50.6 Å². The van der Waals surface area contributed by atoms with Crippen LogP contribution < -0.4 is 22.1 Å². The summed E-state index contributed by atoms with van der Waals surface area (Å²) in [5.41, 5.74) is 13.8. The summed E-state index contributed by atoms with van der Waals surface area (Å²) in [6.45, 7) is 1.07. The van der Waals surface area contributed by atoms with Gasteiger partial charge in [-0.1, -0.05) is 24.3 Å². The van der Waals surface area contributed by atoms with Gasteiger partial charge in [-0.25, -0.2) is 0 Å². The third kappa shape index (κ3) is 6.32. The molecule has 186 valence electrons. The molecule has 9 heteroatoms. The molecule has 0 radical (unpaired) electrons. The van der Waals surface area contributed by atoms with E-state index in [1.54, 1.807) is 36.4 Å². The number of carbonyl (C=O) groups excluding carboxylic acids is 3. The first-order valence-corrected chi connectivity index (χ1v) is 11.9. The van der Waals surface area contributed by atoms with Crippen molar-refractivity contribution in [3.05, 3.63) is 58.7 Å². The molecule has 2 aromatic rings. The van der Waals surface area contributed by atoms with Gasteiger partial charge in [0.2, 0.25) is 0 Å². The SMILES string of the molecule is NC(C=O)CCCCNc1ccc(NCCCCC(N)C(=O)O)c2c1C(=O)c1ccccc1C2=O. The second-order valence-electron chi connectivity index (χ2n) is 8.70. The number of ketones is 2. The minimum atomic E-state index is -1.02. The lowest BCUT2D eigenvalue weighted by Gasteiger charge is -2.24. The molecule has 0 aromatic heterocycles. The van der Waals surface area contributed by atoms with Gasteiger partial charge in [0.1, 0.15) is 12.3 Å². The zero-order valence-corrected chi connectivity index (χ0v) is 19.6. The van der Waals surface area contributed by atoms with Crippen LogP contribution in [0.3, 0.4) is 0 Å². The van der Waals surface area contributed by atoms with E-state index in [0.717, 1.165) is 19.1 Å². The number of unbranched alkanes of at least 4 members (excludes halogenated alkanes) is 2. The Morgan fingerprint density at radius 3 is 1.77 bits per heavy atom. The number of rotatable bonds is 14. The number of aldehydes is 1. The Balaban J connectivity index is 1.76. The van der Waals surface area contributed by atoms with Crippen molar-refractivity contribution in [3.63, 3.8) is 0 Å². The lowest BCUT2D eigenvalue weighted by Crippen LogP contribution is -2.29. The number of nitrogens with two attached hydrogens (primary N) is 2. The molecular formula is C26H32N4O5. The van der Waals surface area contributed by atoms with Gasteiger partial charge in [-0.2, -0.15) is 0 Å². The van der Waals surface area contributed by atoms with E-state index in [-0.39, 0.29) is 11.6 Å². The summed E-state index contributed by atoms with van der Waals surface area (Å²) in [7, 11) is 0. The number of carboxylic acids is 1. The fraction of sp³-hybridized carbons (Fsp3) is 0.385. The highest BCUT2D eigenvalue weighted by Crippen LogP contribution is 2.36. The summed E-state index contributed by atoms with van der Waals surface area (Å²) >= 11 is 0. The number of carboxylic acid groups (broad SMARTS) is 1. The van der Waals surface area contributed by atoms with Crippen LogP contribution in [0.1, 0.15) is 70.4 Å². The smallest absolute Gasteiger partial charge is 0.320 e. The number of carbonyl (C=O) groups is 4. The largest absolute Gasteiger partial charge is 0.480 e. The molecule has 0 fully saturated rings. The van der Waals surface area contributed by atoms with Crippen molar-refractivity contribution in [2.24, 2.45) is 11.5 Å². The summed E-state index contributed by atoms with van der Waals surface area (Å²) in [4.78, 5) is 48.4. The minimum absolute atomic E-state index is 0.211. The molecule has 2 unspecified atom stereocenters. The quantitative estimate of drug-likeness (QED) is 0.172. The Morgan fingerprint density at radius 2 is 1.31 bits per heavy atom. The molecule has 7 N–H and O–H groups in total. The first-order valence-electron chi connectivity index (χ1n) is 11.9. The summed E-state index contributed by atoms with van der Waals surface area (Å²) in [6.07, 6.45) is 4.49. The van der Waals surface area contributed by atoms with Gasteiger partial charge in [0.05, 0.1) is 17.2 Å². The highest BCUT2D eigenvalue weighted by Gasteiger charge is 2.33. The molecule has 0 aliphatic heterocycles. The lowest BCUT2D eigenvalue weighted by molar-refractivity contribution is -0.138. The van der Waals surface area contributed by atoms with Crippen LogP contribution in [-0.2, 0) is 9.59 Å². The monoisotopic (exact) mass is 480 g/mol. The number of anilines is 2. The molecule has 0 heterocycles. The second kappa shape index (κ2) is 12.2. The van der Waals surface area contributed by atoms with Crippen LogP contribution in [0.5, 0.6) is 0 Å². The maximum absolute atomic E-state index is 13.4. The first kappa shape index (κ1) is 26.1. The topological polar surface area (TPSA) is 165 Å². The molecule has 0 saturated carbocycles. The average molecular weight is 481 g/mol. The molecule has 1 aliphatic carbocycles. The fourth-order valence-electron chi connectivity index (χ4n) is 4.15. The predicted octanol–water partition coefficient (Wildman–Crippen LogP) is 2.56. The first-order chi connectivity index (χ1) is 16.8. The molecule has 1 aliphatic rings. The van der Waals surface area contributed by atoms with Gasteiger partial charge in [-0.15, -0.1) is 0 Å². The minimum Gasteiger partial charge on any atom is -0.480 e. The molecule has 9 nitrogen and oxygen atoms in total. The van der Waals surface area contributed by atoms with Crippen LogP contribution in [-0.4, -0.2) is 54.1 Å². The van der Waals surface area contributed by atoms with Crippen LogP contribution in [0.2, 0.25) is 0 Å². The van der Waals surface area contributed by atoms with Crippen LogP contribution in [0.25, 0.3) is 0 Å². The Morgan fingerprint density at radius 1 is 0.829 bits per heavy atom. The highest BCUT2D eigenvalue weighted by molar-refractivity contribution is 6.31. The summed E-state index contributed by atoms with van der Waals surface area (Å²) < 4.78 is 0. The molecule has 0 spiro atoms. The molecular weight excluding hydrogens is 448 g/mol. The standard InChI is InChI=1S/C26H32N4O5/c27-16(15-31)7-3-5-13-29-20-11-12-21(30-14-6-4-10-19(28)26(34)35)23-22(20)24(32)17-8-1-2-9-18(17)25(23)33/h1-2,8-9,11-12,15-16,19,29-30H,3-7,10,13-14,27-28H2,(H,34,35). The number of nitrogens with one attached hydrogen (secondary N) is 2. The fourth-order valence-corrected chi connectivity index (χ4v) is 4.15. The van der Waals surface area contributed by atoms with Crippen molar-refractivity contribution >= 4 is 35.2 Å². The van der Waals surface area contributed by atoms with Crippen LogP contribution in [0, 0.1) is 0 Å². The van der Waals surface area contributed by atoms with Crippen molar-refractivity contribution in [3.8, 4) is 0 Å². The van der Waals surface area contributed by atoms with Crippen LogP contribution in [0.15, 0.2) is 36.4 Å². The average Bonchev–Trinajstić information content (AvgIpc) is 2.86. The second-order valence-corrected chi connectivity index (χ2v) is 8.70. The molecule has 0 bridgehead atoms. The number of hydrogen-bond acceptors (Lipinski definition) is 8. The summed E-state index contributed by atoms with van der Waals surface area (Å²) in [6, 6.07) is 9.01. The van der Waals surface area contributed by atoms with Gasteiger partial charge in [-0.05, 0) is 50.7 Å². The lowest BCUT2D eigenvalue weighted by atomic mass is 9.82. The maximum atomic E-state index is 13.4. The number of benzene rings is 2. The van der Waals surface area contributed by atoms with E-state index in [0.29, 0.717) is 72.4 Å². The van der Waals surface area contributed by atoms with Gasteiger partial charge in [0.25, 0.3) is 0 Å². The Labute approximate surface area is 204 Å². The van der Waals surface area contributed by atoms with E-state index in [2.05, 4.69) is 10.6 Å². The number of hydrogen-bond donors (Lipinski definition) is 5. The number of fused-ring (bicyclic) bond motifs is 2. The van der Waals surface area contributed by atoms with Gasteiger partial charge in [0.15, 0.2) is 11.6 Å². The molecule has 2 atom stereocenters. The predicted molar refractivity (Wildman–Crippen MR) is 134 cm³/mol. The normalized spacial score (nSPS) is 14.0. The van der Waals surface area contributed by atoms with E-state index in [1.807, 2.05) is 0 Å². The van der Waals surface area contributed by atoms with Gasteiger partial charge >= 0.3 is 5.97 Å². The van der Waals surface area contributed by atoms with Crippen molar-refractivity contribution in [1.82, 2.24) is 0 Å². The van der Waals surface area contributed by atoms with Gasteiger partial charge in [0, 0.05) is 35.6 Å².